The second-order valence-corrected chi connectivity index (χ2v) is 9.17. The van der Waals surface area contributed by atoms with Crippen LogP contribution in [0.5, 0.6) is 0 Å². The normalized spacial score (nSPS) is 18.7. The van der Waals surface area contributed by atoms with Gasteiger partial charge in [-0.1, -0.05) is 30.3 Å². The average Bonchev–Trinajstić information content (AvgIpc) is 3.14. The van der Waals surface area contributed by atoms with Crippen molar-refractivity contribution < 1.29 is 22.2 Å². The minimum absolute atomic E-state index is 0.148. The third-order valence-corrected chi connectivity index (χ3v) is 6.76. The minimum atomic E-state index is -4.37. The Morgan fingerprint density at radius 3 is 2.38 bits per heavy atom. The summed E-state index contributed by atoms with van der Waals surface area (Å²) in [5.74, 6) is 1.27. The van der Waals surface area contributed by atoms with Crippen LogP contribution in [0.25, 0.3) is 22.2 Å². The molecule has 0 spiro atoms. The topological polar surface area (TPSA) is 77.1 Å². The number of hydrogen-bond donors (Lipinski definition) is 2. The molecule has 0 radical (unpaired) electrons. The first-order valence-corrected chi connectivity index (χ1v) is 11.8. The van der Waals surface area contributed by atoms with Gasteiger partial charge in [0.1, 0.15) is 12.8 Å². The zero-order chi connectivity index (χ0) is 23.3. The van der Waals surface area contributed by atoms with Gasteiger partial charge < -0.3 is 15.6 Å². The highest BCUT2D eigenvalue weighted by Crippen LogP contribution is 2.35. The van der Waals surface area contributed by atoms with Crippen molar-refractivity contribution in [3.63, 3.8) is 0 Å². The second kappa shape index (κ2) is 10.3. The first-order chi connectivity index (χ1) is 15.3. The summed E-state index contributed by atoms with van der Waals surface area (Å²) in [6.45, 7) is -1.10. The molecule has 0 bridgehead atoms. The number of carbonyl (C=O) groups excluding carboxylic acids is 1. The summed E-state index contributed by atoms with van der Waals surface area (Å²) in [6.07, 6.45) is -2.13. The van der Waals surface area contributed by atoms with Crippen molar-refractivity contribution in [2.24, 2.45) is 5.73 Å². The molecule has 3 N–H and O–H groups in total. The second-order valence-electron chi connectivity index (χ2n) is 7.48. The van der Waals surface area contributed by atoms with Crippen molar-refractivity contribution in [1.82, 2.24) is 4.57 Å². The number of halogens is 3. The van der Waals surface area contributed by atoms with Crippen LogP contribution in [0.4, 0.5) is 18.9 Å². The summed E-state index contributed by atoms with van der Waals surface area (Å²) in [4.78, 5) is 10.9. The number of aldehydes is 1. The maximum Gasteiger partial charge on any atom is 0.406 e. The van der Waals surface area contributed by atoms with E-state index in [4.69, 9.17) is 0 Å². The number of hydrogen-bond acceptors (Lipinski definition) is 4. The van der Waals surface area contributed by atoms with Crippen LogP contribution >= 0.6 is 0 Å². The van der Waals surface area contributed by atoms with E-state index in [0.717, 1.165) is 18.5 Å². The lowest BCUT2D eigenvalue weighted by Crippen LogP contribution is -2.29. The summed E-state index contributed by atoms with van der Waals surface area (Å²) in [6, 6.07) is 13.7. The van der Waals surface area contributed by atoms with Crippen molar-refractivity contribution in [2.45, 2.75) is 31.6 Å². The average molecular weight is 466 g/mol. The van der Waals surface area contributed by atoms with Gasteiger partial charge in [0.15, 0.2) is 0 Å². The Hall–Kier alpha value is -2.65. The predicted octanol–water partition coefficient (Wildman–Crippen LogP) is 4.58. The van der Waals surface area contributed by atoms with Crippen LogP contribution in [-0.4, -0.2) is 45.8 Å². The van der Waals surface area contributed by atoms with E-state index in [1.807, 2.05) is 6.07 Å². The van der Waals surface area contributed by atoms with Crippen LogP contribution in [0.15, 0.2) is 48.5 Å². The zero-order valence-electron chi connectivity index (χ0n) is 17.7. The van der Waals surface area contributed by atoms with Gasteiger partial charge in [-0.3, -0.25) is 9.00 Å². The number of benzene rings is 2. The molecule has 172 valence electrons. The number of carbonyl (C=O) groups is 1. The van der Waals surface area contributed by atoms with E-state index in [2.05, 4.69) is 11.1 Å². The van der Waals surface area contributed by atoms with Gasteiger partial charge in [0.05, 0.1) is 5.52 Å². The minimum Gasteiger partial charge on any atom is -0.382 e. The Kier molecular flexibility index (Phi) is 7.73. The van der Waals surface area contributed by atoms with E-state index < -0.39 is 23.5 Å². The molecule has 5 nitrogen and oxygen atoms in total. The maximum absolute atomic E-state index is 13.4. The van der Waals surface area contributed by atoms with Crippen molar-refractivity contribution >= 4 is 33.7 Å². The summed E-state index contributed by atoms with van der Waals surface area (Å²) in [5, 5.41) is 4.15. The molecule has 32 heavy (non-hydrogen) atoms. The quantitative estimate of drug-likeness (QED) is 0.541. The van der Waals surface area contributed by atoms with Crippen LogP contribution < -0.4 is 11.1 Å². The lowest BCUT2D eigenvalue weighted by molar-refractivity contribution is -0.139. The first kappa shape index (κ1) is 24.0. The molecule has 0 saturated carbocycles. The molecule has 1 aliphatic heterocycles. The molecule has 1 aliphatic rings. The highest BCUT2D eigenvalue weighted by atomic mass is 32.2. The summed E-state index contributed by atoms with van der Waals surface area (Å²) in [7, 11) is 0.721. The SMILES string of the molecule is CN.O=Cc1ccc(-c2cc3c(NC4CCS(=O)CC4)cccc3n2CC(F)(F)F)cc1. The van der Waals surface area contributed by atoms with Gasteiger partial charge in [0.25, 0.3) is 0 Å². The summed E-state index contributed by atoms with van der Waals surface area (Å²) >= 11 is 0. The van der Waals surface area contributed by atoms with Crippen molar-refractivity contribution in [3.05, 3.63) is 54.1 Å². The zero-order valence-corrected chi connectivity index (χ0v) is 18.5. The monoisotopic (exact) mass is 465 g/mol. The summed E-state index contributed by atoms with van der Waals surface area (Å²) < 4.78 is 53.0. The van der Waals surface area contributed by atoms with Gasteiger partial charge in [-0.05, 0) is 43.7 Å². The fourth-order valence-electron chi connectivity index (χ4n) is 3.89. The van der Waals surface area contributed by atoms with Crippen LogP contribution in [0, 0.1) is 0 Å². The van der Waals surface area contributed by atoms with E-state index in [1.165, 1.54) is 11.6 Å². The molecule has 1 fully saturated rings. The molecule has 0 atom stereocenters. The van der Waals surface area contributed by atoms with Crippen LogP contribution in [0.1, 0.15) is 23.2 Å². The highest BCUT2D eigenvalue weighted by molar-refractivity contribution is 7.85. The molecule has 9 heteroatoms. The molecule has 3 aromatic rings. The van der Waals surface area contributed by atoms with Gasteiger partial charge in [0, 0.05) is 50.7 Å². The number of rotatable bonds is 5. The van der Waals surface area contributed by atoms with Gasteiger partial charge in [-0.25, -0.2) is 0 Å². The first-order valence-electron chi connectivity index (χ1n) is 10.3. The number of aromatic nitrogens is 1. The lowest BCUT2D eigenvalue weighted by Gasteiger charge is -2.24. The molecular formula is C23H26F3N3O2S. The molecule has 4 rings (SSSR count). The molecular weight excluding hydrogens is 439 g/mol. The van der Waals surface area contributed by atoms with Gasteiger partial charge in [-0.15, -0.1) is 0 Å². The number of fused-ring (bicyclic) bond motifs is 1. The highest BCUT2D eigenvalue weighted by Gasteiger charge is 2.30. The number of nitrogens with zero attached hydrogens (tertiary/aromatic N) is 1. The van der Waals surface area contributed by atoms with Crippen LogP contribution in [-0.2, 0) is 17.3 Å². The fourth-order valence-corrected chi connectivity index (χ4v) is 5.19. The van der Waals surface area contributed by atoms with E-state index in [0.29, 0.717) is 45.5 Å². The maximum atomic E-state index is 13.4. The number of anilines is 1. The Balaban J connectivity index is 0.00000141. The Labute approximate surface area is 187 Å². The lowest BCUT2D eigenvalue weighted by atomic mass is 10.1. The molecule has 1 saturated heterocycles. The number of alkyl halides is 3. The molecule has 2 heterocycles. The molecule has 0 aliphatic carbocycles. The van der Waals surface area contributed by atoms with Gasteiger partial charge in [-0.2, -0.15) is 13.2 Å². The predicted molar refractivity (Wildman–Crippen MR) is 123 cm³/mol. The van der Waals surface area contributed by atoms with Gasteiger partial charge in [0.2, 0.25) is 0 Å². The van der Waals surface area contributed by atoms with Crippen molar-refractivity contribution in [2.75, 3.05) is 23.9 Å². The van der Waals surface area contributed by atoms with E-state index >= 15 is 0 Å². The third-order valence-electron chi connectivity index (χ3n) is 5.37. The third kappa shape index (κ3) is 5.58. The smallest absolute Gasteiger partial charge is 0.382 e. The Morgan fingerprint density at radius 1 is 1.12 bits per heavy atom. The van der Waals surface area contributed by atoms with E-state index in [1.54, 1.807) is 42.5 Å². The number of nitrogens with one attached hydrogen (secondary N) is 1. The largest absolute Gasteiger partial charge is 0.406 e. The summed E-state index contributed by atoms with van der Waals surface area (Å²) in [5.41, 5.74) is 7.29. The molecule has 0 amide bonds. The Morgan fingerprint density at radius 2 is 1.78 bits per heavy atom. The molecule has 1 aromatic heterocycles. The van der Waals surface area contributed by atoms with Crippen molar-refractivity contribution in [3.8, 4) is 11.3 Å². The van der Waals surface area contributed by atoms with Gasteiger partial charge >= 0.3 is 6.18 Å². The fraction of sp³-hybridized carbons (Fsp3) is 0.348. The Bertz CT molecular complexity index is 1080. The molecule has 2 aromatic carbocycles. The van der Waals surface area contributed by atoms with Crippen LogP contribution in [0.3, 0.4) is 0 Å². The van der Waals surface area contributed by atoms with E-state index in [-0.39, 0.29) is 6.04 Å². The van der Waals surface area contributed by atoms with Crippen LogP contribution in [0.2, 0.25) is 0 Å². The van der Waals surface area contributed by atoms with Crippen molar-refractivity contribution in [1.29, 1.82) is 0 Å². The molecule has 0 unspecified atom stereocenters. The van der Waals surface area contributed by atoms with E-state index in [9.17, 15) is 22.2 Å². The number of nitrogens with two attached hydrogens (primary N) is 1. The standard InChI is InChI=1S/C22H21F3N2O2S.CH5N/c23-22(24,25)14-27-20-3-1-2-19(26-17-8-10-30(29)11-9-17)18(20)12-21(27)16-6-4-15(13-28)5-7-16;1-2/h1-7,12-13,17,26H,8-11,14H2;2H2,1H3.